The van der Waals surface area contributed by atoms with Crippen molar-refractivity contribution in [3.63, 3.8) is 0 Å². The van der Waals surface area contributed by atoms with E-state index in [1.54, 1.807) is 6.26 Å². The van der Waals surface area contributed by atoms with Crippen molar-refractivity contribution < 1.29 is 4.42 Å². The smallest absolute Gasteiger partial charge is 0.152 e. The summed E-state index contributed by atoms with van der Waals surface area (Å²) >= 11 is 0. The standard InChI is InChI=1S/C9H9NO.C2H6/c1-6-5-11-8-4-3-7(2)10-9(6)8;1-2/h3-5H,1-2H3;1-2H3. The molecule has 2 aromatic heterocycles. The fourth-order valence-corrected chi connectivity index (χ4v) is 1.13. The van der Waals surface area contributed by atoms with Gasteiger partial charge in [0.05, 0.1) is 6.26 Å². The maximum Gasteiger partial charge on any atom is 0.152 e. The van der Waals surface area contributed by atoms with Crippen molar-refractivity contribution in [2.75, 3.05) is 0 Å². The number of aryl methyl sites for hydroxylation is 2. The Hall–Kier alpha value is -1.31. The molecule has 70 valence electrons. The number of hydrogen-bond donors (Lipinski definition) is 0. The van der Waals surface area contributed by atoms with Crippen LogP contribution in [0.2, 0.25) is 0 Å². The van der Waals surface area contributed by atoms with Gasteiger partial charge in [-0.15, -0.1) is 0 Å². The lowest BCUT2D eigenvalue weighted by atomic mass is 10.3. The highest BCUT2D eigenvalue weighted by molar-refractivity contribution is 5.76. The van der Waals surface area contributed by atoms with Gasteiger partial charge in [-0.05, 0) is 26.0 Å². The molecule has 0 atom stereocenters. The molecule has 0 N–H and O–H groups in total. The summed E-state index contributed by atoms with van der Waals surface area (Å²) in [7, 11) is 0. The highest BCUT2D eigenvalue weighted by atomic mass is 16.3. The molecule has 0 spiro atoms. The van der Waals surface area contributed by atoms with E-state index in [1.165, 1.54) is 0 Å². The Morgan fingerprint density at radius 1 is 1.15 bits per heavy atom. The monoisotopic (exact) mass is 177 g/mol. The molecule has 0 unspecified atom stereocenters. The van der Waals surface area contributed by atoms with E-state index in [4.69, 9.17) is 4.42 Å². The average Bonchev–Trinajstić information content (AvgIpc) is 2.52. The van der Waals surface area contributed by atoms with Crippen LogP contribution in [-0.4, -0.2) is 4.98 Å². The fraction of sp³-hybridized carbons (Fsp3) is 0.364. The molecule has 2 nitrogen and oxygen atoms in total. The second kappa shape index (κ2) is 4.08. The van der Waals surface area contributed by atoms with Gasteiger partial charge in [0.25, 0.3) is 0 Å². The molecule has 2 heteroatoms. The minimum Gasteiger partial charge on any atom is -0.462 e. The highest BCUT2D eigenvalue weighted by Gasteiger charge is 2.01. The van der Waals surface area contributed by atoms with Gasteiger partial charge in [-0.2, -0.15) is 0 Å². The van der Waals surface area contributed by atoms with Crippen LogP contribution in [0.3, 0.4) is 0 Å². The van der Waals surface area contributed by atoms with Gasteiger partial charge in [0, 0.05) is 11.3 Å². The number of nitrogens with zero attached hydrogens (tertiary/aromatic N) is 1. The predicted octanol–water partition coefficient (Wildman–Crippen LogP) is 3.47. The molecule has 0 aliphatic heterocycles. The third-order valence-electron chi connectivity index (χ3n) is 1.73. The van der Waals surface area contributed by atoms with Gasteiger partial charge in [-0.25, -0.2) is 4.98 Å². The van der Waals surface area contributed by atoms with Gasteiger partial charge in [-0.1, -0.05) is 13.8 Å². The molecule has 2 aromatic rings. The summed E-state index contributed by atoms with van der Waals surface area (Å²) in [5, 5.41) is 0. The normalized spacial score (nSPS) is 9.54. The van der Waals surface area contributed by atoms with E-state index in [-0.39, 0.29) is 0 Å². The molecule has 0 fully saturated rings. The van der Waals surface area contributed by atoms with E-state index >= 15 is 0 Å². The maximum atomic E-state index is 5.24. The SMILES string of the molecule is CC.Cc1ccc2occ(C)c2n1. The van der Waals surface area contributed by atoms with Crippen LogP contribution in [0.1, 0.15) is 25.1 Å². The van der Waals surface area contributed by atoms with Crippen molar-refractivity contribution in [3.8, 4) is 0 Å². The lowest BCUT2D eigenvalue weighted by Gasteiger charge is -1.90. The Balaban J connectivity index is 0.000000396. The third-order valence-corrected chi connectivity index (χ3v) is 1.73. The van der Waals surface area contributed by atoms with Crippen LogP contribution in [0.15, 0.2) is 22.8 Å². The zero-order chi connectivity index (χ0) is 9.84. The Morgan fingerprint density at radius 3 is 2.54 bits per heavy atom. The van der Waals surface area contributed by atoms with Crippen LogP contribution in [-0.2, 0) is 0 Å². The molecule has 13 heavy (non-hydrogen) atoms. The first-order valence-electron chi connectivity index (χ1n) is 4.59. The van der Waals surface area contributed by atoms with E-state index in [9.17, 15) is 0 Å². The van der Waals surface area contributed by atoms with E-state index in [0.717, 1.165) is 22.4 Å². The minimum absolute atomic E-state index is 0.869. The molecule has 0 aliphatic carbocycles. The number of fused-ring (bicyclic) bond motifs is 1. The summed E-state index contributed by atoms with van der Waals surface area (Å²) in [6.07, 6.45) is 1.73. The fourth-order valence-electron chi connectivity index (χ4n) is 1.13. The first kappa shape index (κ1) is 9.78. The molecular formula is C11H15NO. The summed E-state index contributed by atoms with van der Waals surface area (Å²) in [6.45, 7) is 7.98. The van der Waals surface area contributed by atoms with Crippen LogP contribution in [0.4, 0.5) is 0 Å². The first-order chi connectivity index (χ1) is 6.27. The Kier molecular flexibility index (Phi) is 3.07. The van der Waals surface area contributed by atoms with Crippen molar-refractivity contribution in [1.29, 1.82) is 0 Å². The summed E-state index contributed by atoms with van der Waals surface area (Å²) < 4.78 is 5.24. The molecule has 2 rings (SSSR count). The van der Waals surface area contributed by atoms with E-state index in [2.05, 4.69) is 4.98 Å². The van der Waals surface area contributed by atoms with Gasteiger partial charge < -0.3 is 4.42 Å². The highest BCUT2D eigenvalue weighted by Crippen LogP contribution is 2.17. The van der Waals surface area contributed by atoms with Crippen molar-refractivity contribution in [1.82, 2.24) is 4.98 Å². The third kappa shape index (κ3) is 1.89. The molecule has 0 aliphatic rings. The summed E-state index contributed by atoms with van der Waals surface area (Å²) in [5.41, 5.74) is 3.98. The average molecular weight is 177 g/mol. The first-order valence-corrected chi connectivity index (χ1v) is 4.59. The van der Waals surface area contributed by atoms with Crippen molar-refractivity contribution in [2.45, 2.75) is 27.7 Å². The van der Waals surface area contributed by atoms with Crippen molar-refractivity contribution >= 4 is 11.1 Å². The molecule has 0 aromatic carbocycles. The van der Waals surface area contributed by atoms with Crippen LogP contribution in [0.5, 0.6) is 0 Å². The number of pyridine rings is 1. The molecule has 0 saturated carbocycles. The molecule has 0 bridgehead atoms. The predicted molar refractivity (Wildman–Crippen MR) is 54.8 cm³/mol. The number of rotatable bonds is 0. The van der Waals surface area contributed by atoms with E-state index < -0.39 is 0 Å². The lowest BCUT2D eigenvalue weighted by molar-refractivity contribution is 0.612. The summed E-state index contributed by atoms with van der Waals surface area (Å²) in [4.78, 5) is 4.34. The summed E-state index contributed by atoms with van der Waals surface area (Å²) in [5.74, 6) is 0. The topological polar surface area (TPSA) is 26.0 Å². The summed E-state index contributed by atoms with van der Waals surface area (Å²) in [6, 6.07) is 3.90. The van der Waals surface area contributed by atoms with Gasteiger partial charge >= 0.3 is 0 Å². The Bertz CT molecular complexity index is 390. The lowest BCUT2D eigenvalue weighted by Crippen LogP contribution is -1.79. The van der Waals surface area contributed by atoms with Crippen molar-refractivity contribution in [3.05, 3.63) is 29.7 Å². The van der Waals surface area contributed by atoms with Crippen molar-refractivity contribution in [2.24, 2.45) is 0 Å². The Labute approximate surface area is 78.6 Å². The van der Waals surface area contributed by atoms with E-state index in [1.807, 2.05) is 39.8 Å². The second-order valence-corrected chi connectivity index (χ2v) is 2.72. The molecule has 0 radical (unpaired) electrons. The zero-order valence-electron chi connectivity index (χ0n) is 8.59. The minimum atomic E-state index is 0.869. The molecule has 2 heterocycles. The van der Waals surface area contributed by atoms with Gasteiger partial charge in [0.2, 0.25) is 0 Å². The van der Waals surface area contributed by atoms with E-state index in [0.29, 0.717) is 0 Å². The van der Waals surface area contributed by atoms with Crippen LogP contribution >= 0.6 is 0 Å². The molecular weight excluding hydrogens is 162 g/mol. The molecule has 0 amide bonds. The van der Waals surface area contributed by atoms with Gasteiger partial charge in [-0.3, -0.25) is 0 Å². The largest absolute Gasteiger partial charge is 0.462 e. The number of hydrogen-bond acceptors (Lipinski definition) is 2. The van der Waals surface area contributed by atoms with Gasteiger partial charge in [0.15, 0.2) is 5.58 Å². The van der Waals surface area contributed by atoms with Crippen LogP contribution in [0.25, 0.3) is 11.1 Å². The number of aromatic nitrogens is 1. The Morgan fingerprint density at radius 2 is 1.85 bits per heavy atom. The van der Waals surface area contributed by atoms with Crippen LogP contribution in [0, 0.1) is 13.8 Å². The molecule has 0 saturated heterocycles. The van der Waals surface area contributed by atoms with Gasteiger partial charge in [0.1, 0.15) is 5.52 Å². The zero-order valence-corrected chi connectivity index (χ0v) is 8.59. The maximum absolute atomic E-state index is 5.24. The number of furan rings is 1. The van der Waals surface area contributed by atoms with Crippen LogP contribution < -0.4 is 0 Å². The second-order valence-electron chi connectivity index (χ2n) is 2.72. The quantitative estimate of drug-likeness (QED) is 0.615.